The second kappa shape index (κ2) is 5.98. The van der Waals surface area contributed by atoms with E-state index in [2.05, 4.69) is 9.72 Å². The molecule has 7 heteroatoms. The van der Waals surface area contributed by atoms with E-state index in [4.69, 9.17) is 33.7 Å². The number of halogens is 2. The van der Waals surface area contributed by atoms with E-state index < -0.39 is 5.97 Å². The molecule has 0 aliphatic carbocycles. The van der Waals surface area contributed by atoms with Gasteiger partial charge in [-0.3, -0.25) is 0 Å². The molecule has 0 saturated heterocycles. The number of nitrogens with two attached hydrogens (primary N) is 1. The quantitative estimate of drug-likeness (QED) is 0.877. The number of carbonyl (C=O) groups excluding carboxylic acids is 1. The highest BCUT2D eigenvalue weighted by Crippen LogP contribution is 2.33. The van der Waals surface area contributed by atoms with Crippen LogP contribution in [0.2, 0.25) is 10.0 Å². The van der Waals surface area contributed by atoms with Gasteiger partial charge in [0, 0.05) is 11.2 Å². The second-order valence-electron chi connectivity index (χ2n) is 3.75. The molecule has 1 aromatic carbocycles. The molecule has 0 spiro atoms. The van der Waals surface area contributed by atoms with Crippen molar-refractivity contribution in [2.75, 3.05) is 12.8 Å². The summed E-state index contributed by atoms with van der Waals surface area (Å²) < 4.78 is 10.1. The largest absolute Gasteiger partial charge is 0.465 e. The third-order valence-electron chi connectivity index (χ3n) is 2.46. The van der Waals surface area contributed by atoms with Gasteiger partial charge in [-0.15, -0.1) is 0 Å². The molecule has 0 fully saturated rings. The summed E-state index contributed by atoms with van der Waals surface area (Å²) in [5, 5.41) is 0.786. The van der Waals surface area contributed by atoms with Crippen LogP contribution < -0.4 is 10.5 Å². The molecule has 0 bridgehead atoms. The molecule has 0 radical (unpaired) electrons. The monoisotopic (exact) mass is 312 g/mol. The normalized spacial score (nSPS) is 10.2. The second-order valence-corrected chi connectivity index (χ2v) is 4.59. The Morgan fingerprint density at radius 2 is 2.05 bits per heavy atom. The number of aromatic nitrogens is 1. The number of anilines is 1. The number of methoxy groups -OCH3 is 1. The van der Waals surface area contributed by atoms with E-state index in [0.717, 1.165) is 0 Å². The number of nitrogen functional groups attached to an aromatic ring is 1. The van der Waals surface area contributed by atoms with Crippen LogP contribution in [0.15, 0.2) is 30.5 Å². The van der Waals surface area contributed by atoms with Gasteiger partial charge in [0.1, 0.15) is 11.4 Å². The number of pyridine rings is 1. The van der Waals surface area contributed by atoms with Crippen molar-refractivity contribution in [3.63, 3.8) is 0 Å². The fourth-order valence-corrected chi connectivity index (χ4v) is 1.93. The van der Waals surface area contributed by atoms with E-state index in [0.29, 0.717) is 15.8 Å². The van der Waals surface area contributed by atoms with E-state index >= 15 is 0 Å². The summed E-state index contributed by atoms with van der Waals surface area (Å²) in [4.78, 5) is 15.5. The number of ether oxygens (including phenoxy) is 2. The van der Waals surface area contributed by atoms with Gasteiger partial charge in [0.15, 0.2) is 0 Å². The third kappa shape index (κ3) is 2.95. The Morgan fingerprint density at radius 1 is 1.30 bits per heavy atom. The smallest absolute Gasteiger partial charge is 0.340 e. The zero-order valence-electron chi connectivity index (χ0n) is 10.4. The van der Waals surface area contributed by atoms with Crippen molar-refractivity contribution < 1.29 is 14.3 Å². The molecule has 0 aliphatic rings. The van der Waals surface area contributed by atoms with Crippen molar-refractivity contribution in [1.82, 2.24) is 4.98 Å². The maximum atomic E-state index is 11.5. The van der Waals surface area contributed by atoms with Crippen molar-refractivity contribution >= 4 is 34.9 Å². The lowest BCUT2D eigenvalue weighted by Gasteiger charge is -2.11. The Morgan fingerprint density at radius 3 is 2.70 bits per heavy atom. The number of carbonyl (C=O) groups is 1. The maximum absolute atomic E-state index is 11.5. The highest BCUT2D eigenvalue weighted by Gasteiger charge is 2.16. The zero-order chi connectivity index (χ0) is 14.7. The first-order chi connectivity index (χ1) is 9.52. The van der Waals surface area contributed by atoms with E-state index in [1.54, 1.807) is 12.1 Å². The molecule has 1 heterocycles. The molecule has 0 aliphatic heterocycles. The van der Waals surface area contributed by atoms with Crippen molar-refractivity contribution in [2.45, 2.75) is 0 Å². The molecule has 0 unspecified atom stereocenters. The van der Waals surface area contributed by atoms with Crippen LogP contribution in [0.4, 0.5) is 5.69 Å². The fourth-order valence-electron chi connectivity index (χ4n) is 1.49. The number of hydrogen-bond donors (Lipinski definition) is 1. The lowest BCUT2D eigenvalue weighted by atomic mass is 10.2. The Balaban J connectivity index is 2.37. The van der Waals surface area contributed by atoms with Gasteiger partial charge in [0.05, 0.1) is 17.7 Å². The molecule has 20 heavy (non-hydrogen) atoms. The predicted molar refractivity (Wildman–Crippen MR) is 76.5 cm³/mol. The summed E-state index contributed by atoms with van der Waals surface area (Å²) in [6.07, 6.45) is 1.39. The third-order valence-corrected chi connectivity index (χ3v) is 2.99. The van der Waals surface area contributed by atoms with Crippen molar-refractivity contribution in [2.24, 2.45) is 0 Å². The summed E-state index contributed by atoms with van der Waals surface area (Å²) in [5.41, 5.74) is 6.07. The Hall–Kier alpha value is -1.98. The molecule has 0 atom stereocenters. The number of esters is 1. The van der Waals surface area contributed by atoms with Gasteiger partial charge in [-0.05, 0) is 24.3 Å². The van der Waals surface area contributed by atoms with Crippen LogP contribution >= 0.6 is 23.2 Å². The van der Waals surface area contributed by atoms with Crippen molar-refractivity contribution in [3.05, 3.63) is 46.1 Å². The van der Waals surface area contributed by atoms with Gasteiger partial charge in [0.2, 0.25) is 5.88 Å². The Labute approximate surface area is 125 Å². The lowest BCUT2D eigenvalue weighted by Crippen LogP contribution is -2.07. The average molecular weight is 313 g/mol. The topological polar surface area (TPSA) is 74.4 Å². The molecule has 0 amide bonds. The maximum Gasteiger partial charge on any atom is 0.340 e. The molecule has 1 aromatic heterocycles. The molecule has 2 rings (SSSR count). The molecule has 2 N–H and O–H groups in total. The summed E-state index contributed by atoms with van der Waals surface area (Å²) >= 11 is 11.8. The van der Waals surface area contributed by atoms with E-state index in [1.807, 2.05) is 0 Å². The molecule has 104 valence electrons. The minimum absolute atomic E-state index is 0.0668. The van der Waals surface area contributed by atoms with Crippen molar-refractivity contribution in [3.8, 4) is 11.6 Å². The Kier molecular flexibility index (Phi) is 4.32. The Bertz CT molecular complexity index is 662. The SMILES string of the molecule is COC(=O)c1ccnc(Oc2ccc(Cl)cc2Cl)c1N. The van der Waals surface area contributed by atoms with Crippen LogP contribution in [-0.4, -0.2) is 18.1 Å². The van der Waals surface area contributed by atoms with Gasteiger partial charge in [-0.25, -0.2) is 9.78 Å². The first kappa shape index (κ1) is 14.4. The summed E-state index contributed by atoms with van der Waals surface area (Å²) in [5.74, 6) is -0.175. The van der Waals surface area contributed by atoms with Crippen LogP contribution in [0.5, 0.6) is 11.6 Å². The summed E-state index contributed by atoms with van der Waals surface area (Å²) in [6.45, 7) is 0. The van der Waals surface area contributed by atoms with Crippen LogP contribution in [0.3, 0.4) is 0 Å². The van der Waals surface area contributed by atoms with Gasteiger partial charge in [0.25, 0.3) is 0 Å². The van der Waals surface area contributed by atoms with E-state index in [1.165, 1.54) is 25.4 Å². The number of nitrogens with zero attached hydrogens (tertiary/aromatic N) is 1. The minimum Gasteiger partial charge on any atom is -0.465 e. The van der Waals surface area contributed by atoms with E-state index in [9.17, 15) is 4.79 Å². The first-order valence-electron chi connectivity index (χ1n) is 5.48. The predicted octanol–water partition coefficient (Wildman–Crippen LogP) is 3.55. The fraction of sp³-hybridized carbons (Fsp3) is 0.0769. The van der Waals surface area contributed by atoms with Crippen LogP contribution in [-0.2, 0) is 4.74 Å². The lowest BCUT2D eigenvalue weighted by molar-refractivity contribution is 0.0601. The van der Waals surface area contributed by atoms with Crippen molar-refractivity contribution in [1.29, 1.82) is 0 Å². The first-order valence-corrected chi connectivity index (χ1v) is 6.24. The van der Waals surface area contributed by atoms with Gasteiger partial charge >= 0.3 is 5.97 Å². The number of hydrogen-bond acceptors (Lipinski definition) is 5. The van der Waals surface area contributed by atoms with Crippen LogP contribution in [0, 0.1) is 0 Å². The zero-order valence-corrected chi connectivity index (χ0v) is 11.9. The number of rotatable bonds is 3. The molecular formula is C13H10Cl2N2O3. The average Bonchev–Trinajstić information content (AvgIpc) is 2.43. The molecule has 5 nitrogen and oxygen atoms in total. The minimum atomic E-state index is -0.572. The summed E-state index contributed by atoms with van der Waals surface area (Å²) in [7, 11) is 1.26. The summed E-state index contributed by atoms with van der Waals surface area (Å²) in [6, 6.07) is 6.16. The van der Waals surface area contributed by atoms with Gasteiger partial charge in [-0.1, -0.05) is 23.2 Å². The molecular weight excluding hydrogens is 303 g/mol. The standard InChI is InChI=1S/C13H10Cl2N2O3/c1-19-13(18)8-4-5-17-12(11(8)16)20-10-3-2-7(14)6-9(10)15/h2-6H,16H2,1H3. The molecule has 2 aromatic rings. The molecule has 0 saturated carbocycles. The highest BCUT2D eigenvalue weighted by molar-refractivity contribution is 6.35. The van der Waals surface area contributed by atoms with Crippen LogP contribution in [0.25, 0.3) is 0 Å². The van der Waals surface area contributed by atoms with E-state index in [-0.39, 0.29) is 17.1 Å². The van der Waals surface area contributed by atoms with Gasteiger partial charge in [-0.2, -0.15) is 0 Å². The van der Waals surface area contributed by atoms with Crippen LogP contribution in [0.1, 0.15) is 10.4 Å². The highest BCUT2D eigenvalue weighted by atomic mass is 35.5. The number of benzene rings is 1. The van der Waals surface area contributed by atoms with Gasteiger partial charge < -0.3 is 15.2 Å².